The van der Waals surface area contributed by atoms with Gasteiger partial charge in [0.1, 0.15) is 34.5 Å². The second kappa shape index (κ2) is 35.6. The molecule has 122 heavy (non-hydrogen) atoms. The van der Waals surface area contributed by atoms with Crippen LogP contribution in [-0.2, 0) is 60.7 Å². The Morgan fingerprint density at radius 1 is 0.180 bits per heavy atom. The maximum absolute atomic E-state index is 12.5. The molecule has 0 aromatic heterocycles. The SMILES string of the molecule is O=S(=O)(O)CCCOc1cc(OCCCS(=O)(=O)O)c(-c2c3ccccc3c(-c3cc(-c4c5ccccc5c(-c5cc(-c6c7ccccc7cc7ccccc67)c(OCCCS(=O)(=O)O)cc5OCCCS(=O)(=O)O)c5ccccc45)c(OCCCS(=O)(=O)O)cc3OCCCS(=O)(=O)O)c3ccccc23)cc1-c1c2ccccc2cc2ccccc12. The molecule has 0 fully saturated rings. The van der Waals surface area contributed by atoms with Gasteiger partial charge in [0.2, 0.25) is 0 Å². The first kappa shape index (κ1) is 85.6. The van der Waals surface area contributed by atoms with Gasteiger partial charge in [0, 0.05) is 85.0 Å². The van der Waals surface area contributed by atoms with Gasteiger partial charge in [0.25, 0.3) is 60.7 Å². The van der Waals surface area contributed by atoms with Gasteiger partial charge in [0.15, 0.2) is 0 Å². The summed E-state index contributed by atoms with van der Waals surface area (Å²) in [5, 5.41) is 11.5. The molecule has 0 aliphatic rings. The fourth-order valence-corrected chi connectivity index (χ4v) is 19.0. The Morgan fingerprint density at radius 3 is 0.475 bits per heavy atom. The molecular formula is C92H82O24S6. The highest BCUT2D eigenvalue weighted by Gasteiger charge is 2.31. The summed E-state index contributed by atoms with van der Waals surface area (Å²) in [6.07, 6.45) is -1.02. The van der Waals surface area contributed by atoms with Gasteiger partial charge in [-0.2, -0.15) is 50.5 Å². The van der Waals surface area contributed by atoms with E-state index >= 15 is 0 Å². The van der Waals surface area contributed by atoms with Gasteiger partial charge in [-0.05, 0) is 155 Å². The summed E-state index contributed by atoms with van der Waals surface area (Å²) in [7, 11) is -26.9. The number of rotatable bonds is 36. The zero-order chi connectivity index (χ0) is 85.9. The van der Waals surface area contributed by atoms with E-state index in [2.05, 4.69) is 12.1 Å². The Kier molecular flexibility index (Phi) is 25.0. The van der Waals surface area contributed by atoms with Gasteiger partial charge < -0.3 is 28.4 Å². The van der Waals surface area contributed by atoms with E-state index < -0.39 is 95.2 Å². The minimum Gasteiger partial charge on any atom is -0.493 e. The molecule has 6 N–H and O–H groups in total. The molecular weight excluding hydrogens is 1680 g/mol. The largest absolute Gasteiger partial charge is 0.493 e. The predicted molar refractivity (Wildman–Crippen MR) is 478 cm³/mol. The summed E-state index contributed by atoms with van der Waals surface area (Å²) in [5.74, 6) is -2.88. The smallest absolute Gasteiger partial charge is 0.264 e. The summed E-state index contributed by atoms with van der Waals surface area (Å²) in [5.41, 5.74) is 6.50. The Morgan fingerprint density at radius 2 is 0.320 bits per heavy atom. The van der Waals surface area contributed by atoms with Crippen molar-refractivity contribution in [2.75, 3.05) is 74.2 Å². The molecule has 0 amide bonds. The van der Waals surface area contributed by atoms with Gasteiger partial charge >= 0.3 is 0 Å². The lowest BCUT2D eigenvalue weighted by atomic mass is 9.82. The first-order valence-electron chi connectivity index (χ1n) is 39.0. The molecule has 0 aliphatic carbocycles. The number of hydrogen-bond donors (Lipinski definition) is 6. The normalized spacial score (nSPS) is 12.5. The molecule has 24 nitrogen and oxygen atoms in total. The lowest BCUT2D eigenvalue weighted by Gasteiger charge is -2.25. The number of benzene rings is 15. The Hall–Kier alpha value is -11.4. The van der Waals surface area contributed by atoms with Crippen LogP contribution in [0.4, 0.5) is 0 Å². The highest BCUT2D eigenvalue weighted by Crippen LogP contribution is 2.56. The van der Waals surface area contributed by atoms with Crippen LogP contribution in [0.3, 0.4) is 0 Å². The molecule has 15 rings (SSSR count). The van der Waals surface area contributed by atoms with Crippen molar-refractivity contribution in [2.24, 2.45) is 0 Å². The van der Waals surface area contributed by atoms with Crippen molar-refractivity contribution in [3.63, 3.8) is 0 Å². The van der Waals surface area contributed by atoms with E-state index in [1.165, 1.54) is 0 Å². The van der Waals surface area contributed by atoms with E-state index in [4.69, 9.17) is 28.4 Å². The first-order valence-corrected chi connectivity index (χ1v) is 48.7. The molecule has 0 spiro atoms. The number of hydrogen-bond acceptors (Lipinski definition) is 18. The number of ether oxygens (including phenoxy) is 6. The molecule has 15 aromatic carbocycles. The van der Waals surface area contributed by atoms with Crippen molar-refractivity contribution in [3.8, 4) is 101 Å². The van der Waals surface area contributed by atoms with E-state index in [0.29, 0.717) is 98.7 Å². The van der Waals surface area contributed by atoms with Crippen LogP contribution in [0, 0.1) is 0 Å². The van der Waals surface area contributed by atoms with Crippen LogP contribution in [0.1, 0.15) is 38.5 Å². The fraction of sp³-hybridized carbons (Fsp3) is 0.196. The highest BCUT2D eigenvalue weighted by molar-refractivity contribution is 7.87. The molecule has 630 valence electrons. The van der Waals surface area contributed by atoms with E-state index in [9.17, 15) is 77.8 Å². The highest BCUT2D eigenvalue weighted by atomic mass is 32.2. The van der Waals surface area contributed by atoms with E-state index in [-0.39, 0.29) is 113 Å². The summed E-state index contributed by atoms with van der Waals surface area (Å²) >= 11 is 0. The average molecular weight is 1760 g/mol. The van der Waals surface area contributed by atoms with Crippen LogP contribution in [0.5, 0.6) is 34.5 Å². The lowest BCUT2D eigenvalue weighted by molar-refractivity contribution is 0.302. The van der Waals surface area contributed by atoms with Crippen molar-refractivity contribution in [3.05, 3.63) is 243 Å². The van der Waals surface area contributed by atoms with Gasteiger partial charge in [0.05, 0.1) is 74.2 Å². The molecule has 15 aromatic rings. The fourth-order valence-electron chi connectivity index (χ4n) is 16.1. The van der Waals surface area contributed by atoms with Crippen LogP contribution < -0.4 is 28.4 Å². The van der Waals surface area contributed by atoms with Crippen molar-refractivity contribution >= 4 is 147 Å². The monoisotopic (exact) mass is 1760 g/mol. The lowest BCUT2D eigenvalue weighted by Crippen LogP contribution is -2.11. The third-order valence-corrected chi connectivity index (χ3v) is 25.9. The second-order valence-electron chi connectivity index (χ2n) is 29.5. The molecule has 0 bridgehead atoms. The van der Waals surface area contributed by atoms with Crippen molar-refractivity contribution in [1.82, 2.24) is 0 Å². The van der Waals surface area contributed by atoms with Gasteiger partial charge in [-0.3, -0.25) is 27.3 Å². The van der Waals surface area contributed by atoms with E-state index in [0.717, 1.165) is 54.2 Å². The average Bonchev–Trinajstić information content (AvgIpc) is 0.714. The van der Waals surface area contributed by atoms with Crippen molar-refractivity contribution in [2.45, 2.75) is 38.5 Å². The number of fused-ring (bicyclic) bond motifs is 8. The summed E-state index contributed by atoms with van der Waals surface area (Å²) in [6.45, 7) is -1.51. The van der Waals surface area contributed by atoms with Crippen molar-refractivity contribution < 1.29 is 106 Å². The third kappa shape index (κ3) is 19.7. The van der Waals surface area contributed by atoms with Gasteiger partial charge in [-0.1, -0.05) is 194 Å². The zero-order valence-corrected chi connectivity index (χ0v) is 70.2. The quantitative estimate of drug-likeness (QED) is 0.0121. The summed E-state index contributed by atoms with van der Waals surface area (Å²) in [4.78, 5) is 0. The van der Waals surface area contributed by atoms with Crippen LogP contribution in [0.2, 0.25) is 0 Å². The van der Waals surface area contributed by atoms with Crippen molar-refractivity contribution in [1.29, 1.82) is 0 Å². The molecule has 0 saturated heterocycles. The zero-order valence-electron chi connectivity index (χ0n) is 65.3. The van der Waals surface area contributed by atoms with Crippen LogP contribution >= 0.6 is 0 Å². The topological polar surface area (TPSA) is 382 Å². The van der Waals surface area contributed by atoms with Crippen LogP contribution in [0.15, 0.2) is 243 Å². The Balaban J connectivity index is 1.02. The molecule has 0 heterocycles. The minimum absolute atomic E-state index is 0.121. The van der Waals surface area contributed by atoms with Crippen LogP contribution in [0.25, 0.3) is 153 Å². The molecule has 0 aliphatic heterocycles. The first-order chi connectivity index (χ1) is 58.3. The molecule has 30 heteroatoms. The second-order valence-corrected chi connectivity index (χ2v) is 39.0. The summed E-state index contributed by atoms with van der Waals surface area (Å²) in [6, 6.07) is 76.0. The summed E-state index contributed by atoms with van der Waals surface area (Å²) < 4.78 is 249. The minimum atomic E-state index is -4.54. The molecule has 0 unspecified atom stereocenters. The Bertz CT molecular complexity index is 6710. The van der Waals surface area contributed by atoms with E-state index in [1.54, 1.807) is 18.2 Å². The maximum atomic E-state index is 12.5. The molecule has 0 atom stereocenters. The van der Waals surface area contributed by atoms with Gasteiger partial charge in [-0.15, -0.1) is 0 Å². The van der Waals surface area contributed by atoms with Crippen LogP contribution in [-0.4, -0.2) is 152 Å². The Labute approximate surface area is 704 Å². The van der Waals surface area contributed by atoms with Gasteiger partial charge in [-0.25, -0.2) is 0 Å². The maximum Gasteiger partial charge on any atom is 0.264 e. The predicted octanol–water partition coefficient (Wildman–Crippen LogP) is 18.9. The molecule has 0 saturated carbocycles. The third-order valence-electron chi connectivity index (χ3n) is 21.1. The van der Waals surface area contributed by atoms with E-state index in [1.807, 2.05) is 212 Å². The molecule has 0 radical (unpaired) electrons. The standard InChI is InChI=1S/C92H82O24S6/c93-117(94,95)45-17-39-111-81-56-83(113-41-19-47-119(99,100)101)77(53-75(81)87-63-27-5-1-23-59(63)51-60-24-2-6-28-64(60)87)89-67-31-9-13-35-71(67)91(72-36-14-10-32-68(72)89)79-55-80(86(116-44-22-50-122(108,109)110)58-85(79)115-43-21-49-121(105,106)107)92-73-37-15-11-33-69(73)90(70-34-12-16-38-74(70)92)78-54-76(88-65-29-7-3-25-61(65)52-62-26-4-8-30-66(62)88)82(112-40-18-46-118(96,97)98)57-84(78)114-42-20-48-120(102,103)104/h1-16,23-38,51-58H,17-22,39-50H2,(H,93,94,95)(H,96,97,98)(H,99,100,101)(H,102,103,104)(H,105,106,107)(H,108,109,110).